The van der Waals surface area contributed by atoms with Crippen molar-refractivity contribution in [1.29, 1.82) is 0 Å². The third-order valence-electron chi connectivity index (χ3n) is 2.82. The molecule has 116 valence electrons. The van der Waals surface area contributed by atoms with Crippen molar-refractivity contribution in [2.75, 3.05) is 18.6 Å². The van der Waals surface area contributed by atoms with Crippen LogP contribution in [-0.4, -0.2) is 31.0 Å². The highest BCUT2D eigenvalue weighted by Crippen LogP contribution is 2.29. The zero-order valence-corrected chi connectivity index (χ0v) is 13.6. The fraction of sp³-hybridized carbons (Fsp3) is 0.500. The van der Waals surface area contributed by atoms with Crippen LogP contribution < -0.4 is 15.0 Å². The molecule has 21 heavy (non-hydrogen) atoms. The molecule has 0 heterocycles. The van der Waals surface area contributed by atoms with Gasteiger partial charge in [-0.25, -0.2) is 0 Å². The summed E-state index contributed by atoms with van der Waals surface area (Å²) in [4.78, 5) is 25.4. The third kappa shape index (κ3) is 5.10. The second-order valence-corrected chi connectivity index (χ2v) is 6.08. The smallest absolute Gasteiger partial charge is 0.240 e. The Morgan fingerprint density at radius 3 is 2.38 bits per heavy atom. The highest BCUT2D eigenvalue weighted by atomic mass is 16.5. The fourth-order valence-corrected chi connectivity index (χ4v) is 1.98. The van der Waals surface area contributed by atoms with Crippen LogP contribution in [0.1, 0.15) is 33.3 Å². The number of anilines is 1. The lowest BCUT2D eigenvalue weighted by Gasteiger charge is -2.26. The number of amides is 2. The van der Waals surface area contributed by atoms with E-state index in [1.54, 1.807) is 13.2 Å². The predicted octanol–water partition coefficient (Wildman–Crippen LogP) is 2.27. The molecule has 0 saturated heterocycles. The van der Waals surface area contributed by atoms with Crippen molar-refractivity contribution in [1.82, 2.24) is 5.32 Å². The number of nitrogens with zero attached hydrogens (tertiary/aromatic N) is 1. The highest BCUT2D eigenvalue weighted by molar-refractivity contribution is 5.98. The monoisotopic (exact) mass is 292 g/mol. The summed E-state index contributed by atoms with van der Waals surface area (Å²) in [5.41, 5.74) is 1.26. The van der Waals surface area contributed by atoms with Gasteiger partial charge in [0.1, 0.15) is 12.3 Å². The van der Waals surface area contributed by atoms with Crippen molar-refractivity contribution < 1.29 is 14.3 Å². The Kier molecular flexibility index (Phi) is 5.35. The van der Waals surface area contributed by atoms with Crippen LogP contribution in [0.2, 0.25) is 0 Å². The van der Waals surface area contributed by atoms with E-state index in [0.29, 0.717) is 11.4 Å². The van der Waals surface area contributed by atoms with Gasteiger partial charge in [0.2, 0.25) is 11.8 Å². The van der Waals surface area contributed by atoms with Crippen molar-refractivity contribution in [2.45, 2.75) is 40.2 Å². The molecule has 1 rings (SSSR count). The summed E-state index contributed by atoms with van der Waals surface area (Å²) in [7, 11) is 1.54. The summed E-state index contributed by atoms with van der Waals surface area (Å²) in [6.45, 7) is 9.03. The maximum Gasteiger partial charge on any atom is 0.240 e. The predicted molar refractivity (Wildman–Crippen MR) is 83.7 cm³/mol. The molecular formula is C16H24N2O3. The van der Waals surface area contributed by atoms with Gasteiger partial charge in [0.25, 0.3) is 0 Å². The van der Waals surface area contributed by atoms with Gasteiger partial charge in [-0.05, 0) is 45.4 Å². The number of benzene rings is 1. The largest absolute Gasteiger partial charge is 0.495 e. The molecule has 1 N–H and O–H groups in total. The number of rotatable bonds is 4. The lowest BCUT2D eigenvalue weighted by Crippen LogP contribution is -2.47. The normalized spacial score (nSPS) is 11.0. The minimum atomic E-state index is -0.337. The lowest BCUT2D eigenvalue weighted by atomic mass is 10.1. The molecule has 0 aliphatic rings. The number of carbonyl (C=O) groups excluding carboxylic acids is 2. The number of nitrogens with one attached hydrogen (secondary N) is 1. The van der Waals surface area contributed by atoms with E-state index < -0.39 is 0 Å². The van der Waals surface area contributed by atoms with Gasteiger partial charge in [-0.2, -0.15) is 0 Å². The maximum atomic E-state index is 12.1. The molecule has 0 saturated carbocycles. The van der Waals surface area contributed by atoms with Crippen LogP contribution in [-0.2, 0) is 9.59 Å². The van der Waals surface area contributed by atoms with Crippen LogP contribution in [0.5, 0.6) is 5.75 Å². The topological polar surface area (TPSA) is 58.6 Å². The number of ether oxygens (including phenoxy) is 1. The Morgan fingerprint density at radius 2 is 1.90 bits per heavy atom. The zero-order valence-electron chi connectivity index (χ0n) is 13.6. The summed E-state index contributed by atoms with van der Waals surface area (Å²) >= 11 is 0. The molecule has 0 spiro atoms. The van der Waals surface area contributed by atoms with E-state index in [9.17, 15) is 9.59 Å². The SMILES string of the molecule is COc1ccc(C)cc1N(CC(=O)NC(C)(C)C)C(C)=O. The second kappa shape index (κ2) is 6.61. The molecule has 1 aromatic carbocycles. The average molecular weight is 292 g/mol. The Balaban J connectivity index is 3.05. The first-order chi connectivity index (χ1) is 9.64. The molecular weight excluding hydrogens is 268 g/mol. The molecule has 0 aromatic heterocycles. The number of hydrogen-bond donors (Lipinski definition) is 1. The average Bonchev–Trinajstić information content (AvgIpc) is 2.33. The zero-order chi connectivity index (χ0) is 16.2. The van der Waals surface area contributed by atoms with Gasteiger partial charge < -0.3 is 10.1 Å². The van der Waals surface area contributed by atoms with Gasteiger partial charge in [-0.1, -0.05) is 6.07 Å². The summed E-state index contributed by atoms with van der Waals surface area (Å²) in [6, 6.07) is 5.53. The molecule has 0 atom stereocenters. The molecule has 0 radical (unpaired) electrons. The van der Waals surface area contributed by atoms with E-state index in [4.69, 9.17) is 4.74 Å². The molecule has 2 amide bonds. The molecule has 0 aliphatic carbocycles. The number of aryl methyl sites for hydroxylation is 1. The number of methoxy groups -OCH3 is 1. The number of carbonyl (C=O) groups is 2. The van der Waals surface area contributed by atoms with E-state index in [0.717, 1.165) is 5.56 Å². The van der Waals surface area contributed by atoms with Crippen LogP contribution in [0, 0.1) is 6.92 Å². The Morgan fingerprint density at radius 1 is 1.29 bits per heavy atom. The van der Waals surface area contributed by atoms with Crippen molar-refractivity contribution in [3.63, 3.8) is 0 Å². The maximum absolute atomic E-state index is 12.1. The minimum Gasteiger partial charge on any atom is -0.495 e. The van der Waals surface area contributed by atoms with E-state index in [-0.39, 0.29) is 23.9 Å². The van der Waals surface area contributed by atoms with Crippen LogP contribution in [0.4, 0.5) is 5.69 Å². The van der Waals surface area contributed by atoms with Crippen molar-refractivity contribution >= 4 is 17.5 Å². The molecule has 0 bridgehead atoms. The first-order valence-electron chi connectivity index (χ1n) is 6.88. The van der Waals surface area contributed by atoms with Gasteiger partial charge in [0, 0.05) is 12.5 Å². The van der Waals surface area contributed by atoms with Gasteiger partial charge in [-0.3, -0.25) is 14.5 Å². The van der Waals surface area contributed by atoms with E-state index >= 15 is 0 Å². The van der Waals surface area contributed by atoms with E-state index in [1.807, 2.05) is 39.8 Å². The summed E-state index contributed by atoms with van der Waals surface area (Å²) in [6.07, 6.45) is 0. The Bertz CT molecular complexity index is 533. The van der Waals surface area contributed by atoms with Crippen LogP contribution in [0.15, 0.2) is 18.2 Å². The second-order valence-electron chi connectivity index (χ2n) is 6.08. The summed E-state index contributed by atoms with van der Waals surface area (Å²) < 4.78 is 5.29. The Labute approximate surface area is 126 Å². The minimum absolute atomic E-state index is 0.0353. The molecule has 5 nitrogen and oxygen atoms in total. The summed E-state index contributed by atoms with van der Waals surface area (Å²) in [5.74, 6) is 0.156. The van der Waals surface area contributed by atoms with Gasteiger partial charge in [0.15, 0.2) is 0 Å². The van der Waals surface area contributed by atoms with E-state index in [1.165, 1.54) is 11.8 Å². The van der Waals surface area contributed by atoms with Gasteiger partial charge in [0.05, 0.1) is 12.8 Å². The first-order valence-corrected chi connectivity index (χ1v) is 6.88. The molecule has 0 aliphatic heterocycles. The molecule has 0 fully saturated rings. The third-order valence-corrected chi connectivity index (χ3v) is 2.82. The quantitative estimate of drug-likeness (QED) is 0.926. The van der Waals surface area contributed by atoms with E-state index in [2.05, 4.69) is 5.32 Å². The lowest BCUT2D eigenvalue weighted by molar-refractivity contribution is -0.124. The van der Waals surface area contributed by atoms with Gasteiger partial charge >= 0.3 is 0 Å². The van der Waals surface area contributed by atoms with Crippen LogP contribution in [0.25, 0.3) is 0 Å². The summed E-state index contributed by atoms with van der Waals surface area (Å²) in [5, 5.41) is 2.85. The first kappa shape index (κ1) is 17.0. The van der Waals surface area contributed by atoms with Gasteiger partial charge in [-0.15, -0.1) is 0 Å². The molecule has 0 unspecified atom stereocenters. The standard InChI is InChI=1S/C16H24N2O3/c1-11-7-8-14(21-6)13(9-11)18(12(2)19)10-15(20)17-16(3,4)5/h7-9H,10H2,1-6H3,(H,17,20). The van der Waals surface area contributed by atoms with Crippen molar-refractivity contribution in [3.05, 3.63) is 23.8 Å². The fourth-order valence-electron chi connectivity index (χ4n) is 1.98. The van der Waals surface area contributed by atoms with Crippen molar-refractivity contribution in [2.24, 2.45) is 0 Å². The Hall–Kier alpha value is -2.04. The van der Waals surface area contributed by atoms with Crippen molar-refractivity contribution in [3.8, 4) is 5.75 Å². The molecule has 5 heteroatoms. The highest BCUT2D eigenvalue weighted by Gasteiger charge is 2.22. The molecule has 1 aromatic rings. The number of hydrogen-bond acceptors (Lipinski definition) is 3. The van der Waals surface area contributed by atoms with Crippen LogP contribution in [0.3, 0.4) is 0 Å². The van der Waals surface area contributed by atoms with Crippen LogP contribution >= 0.6 is 0 Å².